The molecule has 2 aromatic heterocycles. The van der Waals surface area contributed by atoms with Gasteiger partial charge in [0.05, 0.1) is 17.1 Å². The molecule has 2 heterocycles. The molecule has 0 aliphatic rings. The van der Waals surface area contributed by atoms with E-state index in [1.165, 1.54) is 38.5 Å². The van der Waals surface area contributed by atoms with Gasteiger partial charge in [0.1, 0.15) is 5.01 Å². The average molecular weight is 438 g/mol. The van der Waals surface area contributed by atoms with E-state index in [1.54, 1.807) is 26.0 Å². The molecule has 9 heteroatoms. The molecule has 6 nitrogen and oxygen atoms in total. The molecule has 0 N–H and O–H groups in total. The smallest absolute Gasteiger partial charge is 0.250 e. The largest absolute Gasteiger partial charge is 0.308 e. The molecular formula is C19H20ClN3O3S2. The van der Waals surface area contributed by atoms with Crippen LogP contribution in [0.1, 0.15) is 19.5 Å². The highest BCUT2D eigenvalue weighted by Crippen LogP contribution is 2.25. The van der Waals surface area contributed by atoms with Crippen LogP contribution in [0.3, 0.4) is 0 Å². The van der Waals surface area contributed by atoms with Crippen LogP contribution < -0.4 is 5.56 Å². The standard InChI is InChI=1S/C19H20ClN3O3S2/c1-3-23(4-2)28(25,26)17-9-10-18(24)22(12-17)11-16-13-27-19(21-16)14-5-7-15(20)8-6-14/h5-10,12-13H,3-4,11H2,1-2H3. The Morgan fingerprint density at radius 3 is 2.43 bits per heavy atom. The highest BCUT2D eigenvalue weighted by molar-refractivity contribution is 7.89. The third-order valence-corrected chi connectivity index (χ3v) is 7.50. The SMILES string of the molecule is CCN(CC)S(=O)(=O)c1ccc(=O)n(Cc2csc(-c3ccc(Cl)cc3)n2)c1. The lowest BCUT2D eigenvalue weighted by molar-refractivity contribution is 0.444. The Morgan fingerprint density at radius 1 is 1.11 bits per heavy atom. The van der Waals surface area contributed by atoms with Gasteiger partial charge in [0.2, 0.25) is 10.0 Å². The van der Waals surface area contributed by atoms with Crippen LogP contribution >= 0.6 is 22.9 Å². The second-order valence-corrected chi connectivity index (χ2v) is 9.30. The van der Waals surface area contributed by atoms with E-state index in [-0.39, 0.29) is 17.0 Å². The van der Waals surface area contributed by atoms with Crippen LogP contribution in [0.25, 0.3) is 10.6 Å². The Morgan fingerprint density at radius 2 is 1.79 bits per heavy atom. The van der Waals surface area contributed by atoms with Gasteiger partial charge in [-0.3, -0.25) is 4.79 Å². The quantitative estimate of drug-likeness (QED) is 0.565. The van der Waals surface area contributed by atoms with Gasteiger partial charge in [-0.05, 0) is 18.2 Å². The number of sulfonamides is 1. The topological polar surface area (TPSA) is 72.3 Å². The fourth-order valence-corrected chi connectivity index (χ4v) is 5.20. The highest BCUT2D eigenvalue weighted by atomic mass is 35.5. The zero-order valence-electron chi connectivity index (χ0n) is 15.5. The van der Waals surface area contributed by atoms with E-state index < -0.39 is 10.0 Å². The van der Waals surface area contributed by atoms with E-state index in [0.29, 0.717) is 23.8 Å². The average Bonchev–Trinajstić information content (AvgIpc) is 3.13. The van der Waals surface area contributed by atoms with E-state index in [0.717, 1.165) is 10.6 Å². The Balaban J connectivity index is 1.89. The third kappa shape index (κ3) is 4.35. The minimum atomic E-state index is -3.63. The van der Waals surface area contributed by atoms with E-state index >= 15 is 0 Å². The summed E-state index contributed by atoms with van der Waals surface area (Å²) in [5.74, 6) is 0. The monoisotopic (exact) mass is 437 g/mol. The fourth-order valence-electron chi connectivity index (χ4n) is 2.78. The van der Waals surface area contributed by atoms with Crippen molar-refractivity contribution in [2.24, 2.45) is 0 Å². The van der Waals surface area contributed by atoms with E-state index in [4.69, 9.17) is 11.6 Å². The Kier molecular flexibility index (Phi) is 6.34. The van der Waals surface area contributed by atoms with Crippen LogP contribution in [-0.2, 0) is 16.6 Å². The number of hydrogen-bond acceptors (Lipinski definition) is 5. The summed E-state index contributed by atoms with van der Waals surface area (Å²) in [5, 5.41) is 3.33. The molecule has 0 amide bonds. The maximum atomic E-state index is 12.7. The summed E-state index contributed by atoms with van der Waals surface area (Å²) in [7, 11) is -3.63. The van der Waals surface area contributed by atoms with Gasteiger partial charge in [0.25, 0.3) is 5.56 Å². The van der Waals surface area contributed by atoms with Gasteiger partial charge in [-0.2, -0.15) is 4.31 Å². The normalized spacial score (nSPS) is 11.9. The van der Waals surface area contributed by atoms with Gasteiger partial charge in [-0.25, -0.2) is 13.4 Å². The van der Waals surface area contributed by atoms with Crippen molar-refractivity contribution in [1.82, 2.24) is 13.9 Å². The van der Waals surface area contributed by atoms with E-state index in [2.05, 4.69) is 4.98 Å². The van der Waals surface area contributed by atoms with Crippen LogP contribution in [0.2, 0.25) is 5.02 Å². The molecule has 28 heavy (non-hydrogen) atoms. The second kappa shape index (κ2) is 8.57. The number of benzene rings is 1. The molecular weight excluding hydrogens is 418 g/mol. The lowest BCUT2D eigenvalue weighted by Crippen LogP contribution is -2.32. The number of rotatable bonds is 7. The summed E-state index contributed by atoms with van der Waals surface area (Å²) >= 11 is 7.38. The molecule has 0 saturated carbocycles. The lowest BCUT2D eigenvalue weighted by atomic mass is 10.2. The summed E-state index contributed by atoms with van der Waals surface area (Å²) < 4.78 is 28.2. The molecule has 0 aliphatic heterocycles. The van der Waals surface area contributed by atoms with Gasteiger partial charge in [-0.15, -0.1) is 11.3 Å². The fraction of sp³-hybridized carbons (Fsp3) is 0.263. The molecule has 0 bridgehead atoms. The van der Waals surface area contributed by atoms with Gasteiger partial charge in [0.15, 0.2) is 0 Å². The summed E-state index contributed by atoms with van der Waals surface area (Å²) in [6.07, 6.45) is 1.39. The van der Waals surface area contributed by atoms with Crippen molar-refractivity contribution in [3.8, 4) is 10.6 Å². The first-order valence-electron chi connectivity index (χ1n) is 8.76. The number of nitrogens with zero attached hydrogens (tertiary/aromatic N) is 3. The minimum Gasteiger partial charge on any atom is -0.308 e. The molecule has 0 fully saturated rings. The molecule has 1 aromatic carbocycles. The number of thiazole rings is 1. The molecule has 3 rings (SSSR count). The zero-order chi connectivity index (χ0) is 20.3. The molecule has 3 aromatic rings. The summed E-state index contributed by atoms with van der Waals surface area (Å²) in [5.41, 5.74) is 1.35. The summed E-state index contributed by atoms with van der Waals surface area (Å²) in [4.78, 5) is 16.9. The Hall–Kier alpha value is -2.00. The third-order valence-electron chi connectivity index (χ3n) is 4.27. The van der Waals surface area contributed by atoms with Crippen LogP contribution in [0.5, 0.6) is 0 Å². The number of hydrogen-bond donors (Lipinski definition) is 0. The van der Waals surface area contributed by atoms with Crippen molar-refractivity contribution in [1.29, 1.82) is 0 Å². The van der Waals surface area contributed by atoms with Crippen LogP contribution in [0.4, 0.5) is 0 Å². The maximum Gasteiger partial charge on any atom is 0.250 e. The van der Waals surface area contributed by atoms with Crippen LogP contribution in [0, 0.1) is 0 Å². The van der Waals surface area contributed by atoms with Crippen molar-refractivity contribution in [3.05, 3.63) is 69.0 Å². The first kappa shape index (κ1) is 20.7. The second-order valence-electron chi connectivity index (χ2n) is 6.07. The number of halogens is 1. The Labute approximate surface area is 173 Å². The van der Waals surface area contributed by atoms with Crippen molar-refractivity contribution in [2.75, 3.05) is 13.1 Å². The molecule has 148 valence electrons. The Bertz CT molecular complexity index is 1120. The van der Waals surface area contributed by atoms with Crippen molar-refractivity contribution < 1.29 is 8.42 Å². The van der Waals surface area contributed by atoms with E-state index in [9.17, 15) is 13.2 Å². The van der Waals surface area contributed by atoms with Crippen LogP contribution in [-0.4, -0.2) is 35.4 Å². The lowest BCUT2D eigenvalue weighted by Gasteiger charge is -2.18. The van der Waals surface area contributed by atoms with Crippen molar-refractivity contribution in [2.45, 2.75) is 25.3 Å². The van der Waals surface area contributed by atoms with Crippen LogP contribution in [0.15, 0.2) is 57.7 Å². The van der Waals surface area contributed by atoms with Gasteiger partial charge >= 0.3 is 0 Å². The maximum absolute atomic E-state index is 12.7. The van der Waals surface area contributed by atoms with Gasteiger partial charge < -0.3 is 4.57 Å². The van der Waals surface area contributed by atoms with Gasteiger partial charge in [0, 0.05) is 41.3 Å². The summed E-state index contributed by atoms with van der Waals surface area (Å²) in [6, 6.07) is 9.99. The molecule has 0 saturated heterocycles. The van der Waals surface area contributed by atoms with Gasteiger partial charge in [-0.1, -0.05) is 37.6 Å². The first-order valence-corrected chi connectivity index (χ1v) is 11.5. The molecule has 0 aliphatic carbocycles. The highest BCUT2D eigenvalue weighted by Gasteiger charge is 2.22. The van der Waals surface area contributed by atoms with Crippen molar-refractivity contribution in [3.63, 3.8) is 0 Å². The summed E-state index contributed by atoms with van der Waals surface area (Å²) in [6.45, 7) is 4.50. The predicted molar refractivity (Wildman–Crippen MR) is 112 cm³/mol. The number of pyridine rings is 1. The van der Waals surface area contributed by atoms with E-state index in [1.807, 2.05) is 17.5 Å². The zero-order valence-corrected chi connectivity index (χ0v) is 17.9. The predicted octanol–water partition coefficient (Wildman–Crippen LogP) is 3.70. The molecule has 0 radical (unpaired) electrons. The number of aromatic nitrogens is 2. The minimum absolute atomic E-state index is 0.101. The molecule has 0 unspecified atom stereocenters. The molecule has 0 spiro atoms. The van der Waals surface area contributed by atoms with Crippen molar-refractivity contribution >= 4 is 33.0 Å². The first-order chi connectivity index (χ1) is 13.3. The molecule has 0 atom stereocenters.